The fourth-order valence-corrected chi connectivity index (χ4v) is 3.21. The molecule has 1 unspecified atom stereocenters. The normalized spacial score (nSPS) is 12.6. The molecule has 3 N–H and O–H groups in total. The van der Waals surface area contributed by atoms with Crippen LogP contribution in [0.2, 0.25) is 0 Å². The van der Waals surface area contributed by atoms with Crippen LogP contribution in [0.1, 0.15) is 24.2 Å². The summed E-state index contributed by atoms with van der Waals surface area (Å²) in [6, 6.07) is 7.57. The van der Waals surface area contributed by atoms with Crippen LogP contribution in [0.3, 0.4) is 0 Å². The van der Waals surface area contributed by atoms with E-state index >= 15 is 0 Å². The smallest absolute Gasteiger partial charge is 0.253 e. The van der Waals surface area contributed by atoms with Crippen molar-refractivity contribution in [3.8, 4) is 0 Å². The molecular formula is C14H16N2OS2. The molecule has 1 aromatic heterocycles. The summed E-state index contributed by atoms with van der Waals surface area (Å²) in [5, 5.41) is 5.75. The third-order valence-corrected chi connectivity index (χ3v) is 4.20. The second-order valence-electron chi connectivity index (χ2n) is 4.74. The van der Waals surface area contributed by atoms with E-state index in [9.17, 15) is 4.79 Å². The van der Waals surface area contributed by atoms with Crippen molar-refractivity contribution in [1.82, 2.24) is 5.32 Å². The average Bonchev–Trinajstić information content (AvgIpc) is 2.78. The van der Waals surface area contributed by atoms with Crippen molar-refractivity contribution in [1.29, 1.82) is 0 Å². The number of hydrogen-bond acceptors (Lipinski definition) is 3. The highest BCUT2D eigenvalue weighted by Crippen LogP contribution is 2.25. The maximum Gasteiger partial charge on any atom is 0.253 e. The summed E-state index contributed by atoms with van der Waals surface area (Å²) in [5.74, 6) is 0.0512. The first-order valence-corrected chi connectivity index (χ1v) is 7.36. The minimum atomic E-state index is -0.277. The van der Waals surface area contributed by atoms with Gasteiger partial charge in [-0.3, -0.25) is 4.79 Å². The molecule has 3 nitrogen and oxygen atoms in total. The monoisotopic (exact) mass is 292 g/mol. The molecule has 2 rings (SSSR count). The van der Waals surface area contributed by atoms with E-state index in [0.29, 0.717) is 10.6 Å². The maximum atomic E-state index is 12.3. The lowest BCUT2D eigenvalue weighted by molar-refractivity contribution is 0.0942. The highest BCUT2D eigenvalue weighted by molar-refractivity contribution is 7.80. The summed E-state index contributed by atoms with van der Waals surface area (Å²) < 4.78 is 1.10. The van der Waals surface area contributed by atoms with Crippen molar-refractivity contribution in [2.75, 3.05) is 0 Å². The second kappa shape index (κ2) is 5.67. The molecule has 0 radical (unpaired) electrons. The number of thiophene rings is 1. The van der Waals surface area contributed by atoms with E-state index in [1.165, 1.54) is 0 Å². The lowest BCUT2D eigenvalue weighted by atomic mass is 10.0. The Labute approximate surface area is 121 Å². The first kappa shape index (κ1) is 14.0. The molecule has 0 saturated carbocycles. The predicted octanol–water partition coefficient (Wildman–Crippen LogP) is 2.94. The molecule has 0 bridgehead atoms. The fraction of sp³-hybridized carbons (Fsp3) is 0.286. The molecule has 0 fully saturated rings. The van der Waals surface area contributed by atoms with Gasteiger partial charge in [0, 0.05) is 15.5 Å². The minimum Gasteiger partial charge on any atom is -0.392 e. The van der Waals surface area contributed by atoms with Gasteiger partial charge in [-0.2, -0.15) is 0 Å². The summed E-state index contributed by atoms with van der Waals surface area (Å²) in [5.41, 5.74) is 6.35. The van der Waals surface area contributed by atoms with Gasteiger partial charge in [-0.15, -0.1) is 11.3 Å². The summed E-state index contributed by atoms with van der Waals surface area (Å²) in [7, 11) is 0. The fourth-order valence-electron chi connectivity index (χ4n) is 1.94. The topological polar surface area (TPSA) is 55.1 Å². The summed E-state index contributed by atoms with van der Waals surface area (Å²) in [6.45, 7) is 3.96. The van der Waals surface area contributed by atoms with Gasteiger partial charge in [0.25, 0.3) is 5.91 Å². The molecule has 1 heterocycles. The van der Waals surface area contributed by atoms with E-state index < -0.39 is 0 Å². The van der Waals surface area contributed by atoms with Gasteiger partial charge in [-0.05, 0) is 12.0 Å². The number of fused-ring (bicyclic) bond motifs is 1. The zero-order chi connectivity index (χ0) is 14.0. The molecule has 1 aromatic carbocycles. The highest BCUT2D eigenvalue weighted by atomic mass is 32.1. The lowest BCUT2D eigenvalue weighted by Crippen LogP contribution is -2.46. The van der Waals surface area contributed by atoms with Crippen LogP contribution >= 0.6 is 23.6 Å². The Balaban J connectivity index is 2.27. The van der Waals surface area contributed by atoms with E-state index in [2.05, 4.69) is 5.32 Å². The van der Waals surface area contributed by atoms with Gasteiger partial charge in [0.1, 0.15) is 0 Å². The predicted molar refractivity (Wildman–Crippen MR) is 84.7 cm³/mol. The third-order valence-electron chi connectivity index (χ3n) is 2.99. The summed E-state index contributed by atoms with van der Waals surface area (Å²) >= 11 is 6.56. The van der Waals surface area contributed by atoms with Crippen molar-refractivity contribution in [2.24, 2.45) is 11.7 Å². The van der Waals surface area contributed by atoms with Crippen LogP contribution in [0.4, 0.5) is 0 Å². The average molecular weight is 292 g/mol. The number of amides is 1. The SMILES string of the molecule is CC(C)C(NC(=O)c1csc2ccccc12)C(N)=S. The number of hydrogen-bond donors (Lipinski definition) is 2. The van der Waals surface area contributed by atoms with Gasteiger partial charge in [0.05, 0.1) is 16.6 Å². The molecule has 1 amide bonds. The molecule has 0 spiro atoms. The molecule has 19 heavy (non-hydrogen) atoms. The zero-order valence-corrected chi connectivity index (χ0v) is 12.5. The number of carbonyl (C=O) groups is 1. The first-order chi connectivity index (χ1) is 9.00. The molecule has 0 saturated heterocycles. The molecular weight excluding hydrogens is 276 g/mol. The Bertz CT molecular complexity index is 619. The van der Waals surface area contributed by atoms with Crippen molar-refractivity contribution in [3.05, 3.63) is 35.2 Å². The van der Waals surface area contributed by atoms with Crippen molar-refractivity contribution in [2.45, 2.75) is 19.9 Å². The van der Waals surface area contributed by atoms with Gasteiger partial charge in [0.2, 0.25) is 0 Å². The standard InChI is InChI=1S/C14H16N2OS2/c1-8(2)12(13(15)18)16-14(17)10-7-19-11-6-4-3-5-9(10)11/h3-8,12H,1-2H3,(H2,15,18)(H,16,17). The molecule has 0 aliphatic rings. The molecule has 2 aromatic rings. The van der Waals surface area contributed by atoms with Gasteiger partial charge >= 0.3 is 0 Å². The van der Waals surface area contributed by atoms with E-state index in [1.54, 1.807) is 11.3 Å². The number of nitrogens with one attached hydrogen (secondary N) is 1. The van der Waals surface area contributed by atoms with E-state index in [4.69, 9.17) is 18.0 Å². The van der Waals surface area contributed by atoms with Crippen LogP contribution in [0.25, 0.3) is 10.1 Å². The van der Waals surface area contributed by atoms with Crippen LogP contribution in [0.15, 0.2) is 29.6 Å². The minimum absolute atomic E-state index is 0.121. The van der Waals surface area contributed by atoms with Crippen LogP contribution in [0, 0.1) is 5.92 Å². The lowest BCUT2D eigenvalue weighted by Gasteiger charge is -2.20. The summed E-state index contributed by atoms with van der Waals surface area (Å²) in [4.78, 5) is 12.6. The largest absolute Gasteiger partial charge is 0.392 e. The zero-order valence-electron chi connectivity index (χ0n) is 10.8. The Morgan fingerprint density at radius 1 is 1.37 bits per heavy atom. The highest BCUT2D eigenvalue weighted by Gasteiger charge is 2.21. The van der Waals surface area contributed by atoms with E-state index in [0.717, 1.165) is 10.1 Å². The van der Waals surface area contributed by atoms with Gasteiger partial charge in [0.15, 0.2) is 0 Å². The molecule has 5 heteroatoms. The van der Waals surface area contributed by atoms with Crippen LogP contribution in [0.5, 0.6) is 0 Å². The van der Waals surface area contributed by atoms with Crippen molar-refractivity contribution in [3.63, 3.8) is 0 Å². The molecule has 0 aliphatic heterocycles. The Morgan fingerprint density at radius 3 is 2.68 bits per heavy atom. The molecule has 1 atom stereocenters. The van der Waals surface area contributed by atoms with Crippen molar-refractivity contribution >= 4 is 44.5 Å². The number of benzene rings is 1. The van der Waals surface area contributed by atoms with Crippen LogP contribution in [-0.2, 0) is 0 Å². The Hall–Kier alpha value is -1.46. The molecule has 100 valence electrons. The van der Waals surface area contributed by atoms with E-state index in [1.807, 2.05) is 43.5 Å². The number of rotatable bonds is 4. The Morgan fingerprint density at radius 2 is 2.05 bits per heavy atom. The van der Waals surface area contributed by atoms with Gasteiger partial charge in [-0.25, -0.2) is 0 Å². The van der Waals surface area contributed by atoms with Gasteiger partial charge < -0.3 is 11.1 Å². The molecule has 0 aliphatic carbocycles. The second-order valence-corrected chi connectivity index (χ2v) is 6.13. The third kappa shape index (κ3) is 2.93. The van der Waals surface area contributed by atoms with Crippen LogP contribution < -0.4 is 11.1 Å². The first-order valence-electron chi connectivity index (χ1n) is 6.07. The van der Waals surface area contributed by atoms with Gasteiger partial charge in [-0.1, -0.05) is 44.3 Å². The van der Waals surface area contributed by atoms with Crippen LogP contribution in [-0.4, -0.2) is 16.9 Å². The van der Waals surface area contributed by atoms with E-state index in [-0.39, 0.29) is 17.9 Å². The number of thiocarbonyl (C=S) groups is 1. The quantitative estimate of drug-likeness (QED) is 0.852. The number of nitrogens with two attached hydrogens (primary N) is 1. The Kier molecular flexibility index (Phi) is 4.17. The summed E-state index contributed by atoms with van der Waals surface area (Å²) in [6.07, 6.45) is 0. The maximum absolute atomic E-state index is 12.3. The number of carbonyl (C=O) groups excluding carboxylic acids is 1. The van der Waals surface area contributed by atoms with Crippen molar-refractivity contribution < 1.29 is 4.79 Å².